The zero-order chi connectivity index (χ0) is 33.5. The summed E-state index contributed by atoms with van der Waals surface area (Å²) in [6, 6.07) is 3.26. The van der Waals surface area contributed by atoms with Gasteiger partial charge in [0.25, 0.3) is 0 Å². The molecule has 47 heavy (non-hydrogen) atoms. The SMILES string of the molecule is Cc1cnc(COc2ccc3nc4c(nc3c2)O[C@H]2CN(C(=O)[C@H](C(C)(C)C)NC(=O)O[C@@H]3C[C@H]3CCCCC4)[C@H](C(=O)O)[C@@H]2C)o1. The largest absolute Gasteiger partial charge is 0.484 e. The van der Waals surface area contributed by atoms with Gasteiger partial charge >= 0.3 is 12.1 Å². The maximum absolute atomic E-state index is 14.0. The van der Waals surface area contributed by atoms with E-state index in [-0.39, 0.29) is 19.3 Å². The fourth-order valence-corrected chi connectivity index (χ4v) is 6.50. The van der Waals surface area contributed by atoms with E-state index in [0.29, 0.717) is 52.3 Å². The van der Waals surface area contributed by atoms with Crippen molar-refractivity contribution in [1.82, 2.24) is 25.2 Å². The van der Waals surface area contributed by atoms with Gasteiger partial charge < -0.3 is 34.0 Å². The molecule has 1 aromatic carbocycles. The maximum atomic E-state index is 14.0. The van der Waals surface area contributed by atoms with Gasteiger partial charge in [0.1, 0.15) is 41.5 Å². The third-order valence-corrected chi connectivity index (χ3v) is 9.28. The predicted molar refractivity (Wildman–Crippen MR) is 169 cm³/mol. The number of alkyl carbamates (subject to hydrolysis) is 1. The molecule has 0 spiro atoms. The molecule has 2 bridgehead atoms. The number of amides is 2. The van der Waals surface area contributed by atoms with Crippen molar-refractivity contribution >= 4 is 29.0 Å². The molecule has 13 heteroatoms. The molecule has 6 rings (SSSR count). The van der Waals surface area contributed by atoms with E-state index in [1.165, 1.54) is 4.90 Å². The van der Waals surface area contributed by atoms with Crippen LogP contribution < -0.4 is 14.8 Å². The number of carboxylic acid groups (broad SMARTS) is 1. The Balaban J connectivity index is 1.31. The second-order valence-electron chi connectivity index (χ2n) is 14.1. The lowest BCUT2D eigenvalue weighted by molar-refractivity contribution is -0.151. The number of rotatable bonds is 4. The fourth-order valence-electron chi connectivity index (χ4n) is 6.50. The van der Waals surface area contributed by atoms with Gasteiger partial charge in [-0.05, 0) is 56.1 Å². The summed E-state index contributed by atoms with van der Waals surface area (Å²) in [7, 11) is 0. The highest BCUT2D eigenvalue weighted by atomic mass is 16.6. The van der Waals surface area contributed by atoms with Crippen LogP contribution in [0.1, 0.15) is 77.1 Å². The van der Waals surface area contributed by atoms with Crippen molar-refractivity contribution < 1.29 is 38.1 Å². The van der Waals surface area contributed by atoms with Crippen LogP contribution in [0, 0.1) is 24.2 Å². The van der Waals surface area contributed by atoms with Crippen molar-refractivity contribution in [1.29, 1.82) is 0 Å². The first-order valence-electron chi connectivity index (χ1n) is 16.4. The van der Waals surface area contributed by atoms with E-state index < -0.39 is 47.5 Å². The first-order chi connectivity index (χ1) is 22.4. The molecule has 2 fully saturated rings. The summed E-state index contributed by atoms with van der Waals surface area (Å²) in [4.78, 5) is 54.8. The third kappa shape index (κ3) is 7.28. The molecule has 3 aliphatic rings. The van der Waals surface area contributed by atoms with Crippen LogP contribution in [0.25, 0.3) is 11.0 Å². The van der Waals surface area contributed by atoms with Gasteiger partial charge in [0.2, 0.25) is 17.7 Å². The van der Waals surface area contributed by atoms with Crippen LogP contribution in [0.3, 0.4) is 0 Å². The number of carbonyl (C=O) groups is 3. The number of benzene rings is 1. The molecule has 2 aromatic heterocycles. The van der Waals surface area contributed by atoms with Crippen LogP contribution in [0.5, 0.6) is 11.6 Å². The number of hydrogen-bond acceptors (Lipinski definition) is 10. The summed E-state index contributed by atoms with van der Waals surface area (Å²) in [5.74, 6) is 0.0859. The van der Waals surface area contributed by atoms with Crippen LogP contribution in [-0.4, -0.2) is 73.8 Å². The number of aryl methyl sites for hydroxylation is 2. The minimum atomic E-state index is -1.17. The van der Waals surface area contributed by atoms with Gasteiger partial charge in [-0.25, -0.2) is 24.5 Å². The Kier molecular flexibility index (Phi) is 8.99. The van der Waals surface area contributed by atoms with E-state index in [4.69, 9.17) is 28.6 Å². The lowest BCUT2D eigenvalue weighted by Crippen LogP contribution is -2.57. The van der Waals surface area contributed by atoms with Gasteiger partial charge in [-0.1, -0.05) is 40.5 Å². The van der Waals surface area contributed by atoms with Crippen LogP contribution in [0.2, 0.25) is 0 Å². The van der Waals surface area contributed by atoms with Gasteiger partial charge in [-0.3, -0.25) is 4.79 Å². The number of oxazole rings is 1. The second-order valence-corrected chi connectivity index (χ2v) is 14.1. The van der Waals surface area contributed by atoms with Crippen LogP contribution in [0.4, 0.5) is 4.79 Å². The Morgan fingerprint density at radius 1 is 1.11 bits per heavy atom. The number of carbonyl (C=O) groups excluding carboxylic acids is 2. The minimum Gasteiger partial charge on any atom is -0.484 e. The highest BCUT2D eigenvalue weighted by Gasteiger charge is 2.51. The molecule has 0 unspecified atom stereocenters. The van der Waals surface area contributed by atoms with E-state index in [9.17, 15) is 19.5 Å². The predicted octanol–water partition coefficient (Wildman–Crippen LogP) is 4.83. The number of aromatic nitrogens is 3. The highest BCUT2D eigenvalue weighted by molar-refractivity contribution is 5.90. The van der Waals surface area contributed by atoms with Crippen LogP contribution in [0.15, 0.2) is 28.8 Å². The maximum Gasteiger partial charge on any atom is 0.408 e. The van der Waals surface area contributed by atoms with Crippen molar-refractivity contribution in [3.8, 4) is 11.6 Å². The average Bonchev–Trinajstić information content (AvgIpc) is 3.45. The van der Waals surface area contributed by atoms with Gasteiger partial charge in [0.15, 0.2) is 6.61 Å². The molecule has 2 amide bonds. The van der Waals surface area contributed by atoms with Crippen molar-refractivity contribution in [2.24, 2.45) is 17.3 Å². The third-order valence-electron chi connectivity index (χ3n) is 9.28. The van der Waals surface area contributed by atoms with Crippen LogP contribution >= 0.6 is 0 Å². The zero-order valence-electron chi connectivity index (χ0n) is 27.5. The Bertz CT molecular complexity index is 1650. The quantitative estimate of drug-likeness (QED) is 0.397. The Hall–Kier alpha value is -4.42. The van der Waals surface area contributed by atoms with E-state index in [1.807, 2.05) is 39.8 Å². The summed E-state index contributed by atoms with van der Waals surface area (Å²) in [6.07, 6.45) is 5.25. The van der Waals surface area contributed by atoms with Crippen molar-refractivity contribution in [3.05, 3.63) is 41.7 Å². The Morgan fingerprint density at radius 3 is 2.64 bits per heavy atom. The molecular formula is C34H43N5O8. The topological polar surface area (TPSA) is 166 Å². The standard InChI is InChI=1S/C34H43N5O8/c1-18-15-35-27(45-18)17-44-21-11-12-22-24(14-21)37-30-23(36-22)10-8-6-7-9-20-13-25(20)47-33(43)38-29(34(3,4)5)31(40)39-16-26(46-30)19(2)28(39)32(41)42/h11-12,14-15,19-20,25-26,28-29H,6-10,13,16-17H2,1-5H3,(H,38,43)(H,41,42)/t19-,20-,25-,26+,28+,29-/m1/s1. The van der Waals surface area contributed by atoms with Crippen molar-refractivity contribution in [2.45, 2.75) is 104 Å². The van der Waals surface area contributed by atoms with E-state index in [2.05, 4.69) is 10.3 Å². The van der Waals surface area contributed by atoms with Gasteiger partial charge in [-0.15, -0.1) is 0 Å². The molecule has 2 N–H and O–H groups in total. The Morgan fingerprint density at radius 2 is 1.91 bits per heavy atom. The molecule has 13 nitrogen and oxygen atoms in total. The molecule has 2 aliphatic heterocycles. The Labute approximate surface area is 273 Å². The fraction of sp³-hybridized carbons (Fsp3) is 0.588. The van der Waals surface area contributed by atoms with E-state index in [0.717, 1.165) is 32.1 Å². The second kappa shape index (κ2) is 13.0. The number of carboxylic acids is 1. The molecular weight excluding hydrogens is 606 g/mol. The number of hydrogen-bond donors (Lipinski definition) is 2. The number of nitrogens with zero attached hydrogens (tertiary/aromatic N) is 4. The highest BCUT2D eigenvalue weighted by Crippen LogP contribution is 2.39. The first-order valence-corrected chi connectivity index (χ1v) is 16.4. The molecule has 252 valence electrons. The molecule has 3 aromatic rings. The molecule has 1 saturated carbocycles. The summed E-state index contributed by atoms with van der Waals surface area (Å²) in [5, 5.41) is 13.0. The first kappa shape index (κ1) is 32.5. The van der Waals surface area contributed by atoms with Gasteiger partial charge in [0, 0.05) is 12.0 Å². The minimum absolute atomic E-state index is 0.00282. The van der Waals surface area contributed by atoms with Gasteiger partial charge in [-0.2, -0.15) is 0 Å². The van der Waals surface area contributed by atoms with Crippen LogP contribution in [-0.2, 0) is 27.4 Å². The average molecular weight is 650 g/mol. The molecule has 4 heterocycles. The number of aliphatic carboxylic acids is 1. The number of nitrogens with one attached hydrogen (secondary N) is 1. The van der Waals surface area contributed by atoms with Crippen molar-refractivity contribution in [2.75, 3.05) is 6.54 Å². The molecule has 1 aliphatic carbocycles. The van der Waals surface area contributed by atoms with Crippen molar-refractivity contribution in [3.63, 3.8) is 0 Å². The summed E-state index contributed by atoms with van der Waals surface area (Å²) < 4.78 is 23.6. The number of ether oxygens (including phenoxy) is 3. The summed E-state index contributed by atoms with van der Waals surface area (Å²) in [6.45, 7) is 9.20. The summed E-state index contributed by atoms with van der Waals surface area (Å²) in [5.41, 5.74) is 1.19. The summed E-state index contributed by atoms with van der Waals surface area (Å²) >= 11 is 0. The smallest absolute Gasteiger partial charge is 0.408 e. The van der Waals surface area contributed by atoms with E-state index in [1.54, 1.807) is 19.2 Å². The van der Waals surface area contributed by atoms with Gasteiger partial charge in [0.05, 0.1) is 23.8 Å². The molecule has 1 saturated heterocycles. The van der Waals surface area contributed by atoms with E-state index >= 15 is 0 Å². The number of fused-ring (bicyclic) bond motifs is 5. The zero-order valence-corrected chi connectivity index (χ0v) is 27.5. The lowest BCUT2D eigenvalue weighted by Gasteiger charge is -2.34. The normalized spacial score (nSPS) is 27.0. The molecule has 6 atom stereocenters. The lowest BCUT2D eigenvalue weighted by atomic mass is 9.85. The monoisotopic (exact) mass is 649 g/mol. The molecule has 0 radical (unpaired) electrons.